The summed E-state index contributed by atoms with van der Waals surface area (Å²) in [5, 5.41) is 2.26. The normalized spacial score (nSPS) is 11.8. The highest BCUT2D eigenvalue weighted by Crippen LogP contribution is 2.29. The van der Waals surface area contributed by atoms with E-state index < -0.39 is 11.9 Å². The van der Waals surface area contributed by atoms with Gasteiger partial charge in [0.25, 0.3) is 0 Å². The number of nitrogens with zero attached hydrogens (tertiary/aromatic N) is 1. The third-order valence-corrected chi connectivity index (χ3v) is 2.44. The Labute approximate surface area is 95.7 Å². The first-order chi connectivity index (χ1) is 7.88. The molecule has 17 heavy (non-hydrogen) atoms. The number of benzene rings is 1. The van der Waals surface area contributed by atoms with Crippen molar-refractivity contribution in [2.45, 2.75) is 6.18 Å². The van der Waals surface area contributed by atoms with Gasteiger partial charge in [-0.15, -0.1) is 4.68 Å². The first-order valence-electron chi connectivity index (χ1n) is 4.90. The average Bonchev–Trinajstić information content (AvgIpc) is 2.61. The summed E-state index contributed by atoms with van der Waals surface area (Å²) in [4.78, 5) is 0. The summed E-state index contributed by atoms with van der Waals surface area (Å²) >= 11 is 0. The number of anilines is 1. The first-order valence-corrected chi connectivity index (χ1v) is 4.90. The number of nitrogens with two attached hydrogens (primary N) is 1. The third kappa shape index (κ3) is 2.25. The van der Waals surface area contributed by atoms with Gasteiger partial charge in [-0.1, -0.05) is 0 Å². The van der Waals surface area contributed by atoms with E-state index in [1.165, 1.54) is 11.7 Å². The van der Waals surface area contributed by atoms with Crippen LogP contribution in [0.2, 0.25) is 0 Å². The molecule has 2 aromatic rings. The largest absolute Gasteiger partial charge is 0.436 e. The lowest BCUT2D eigenvalue weighted by atomic mass is 10.1. The standard InChI is InChI=1S/C11H10F3N3/c1-17-9(6-10(16-17)11(12,13)14)7-2-4-8(15)5-3-7/h2-6H,1H3,(H2,15,16)/p+1. The van der Waals surface area contributed by atoms with E-state index in [1.54, 1.807) is 24.3 Å². The van der Waals surface area contributed by atoms with Gasteiger partial charge in [0.05, 0.1) is 0 Å². The highest BCUT2D eigenvalue weighted by Gasteiger charge is 2.36. The molecule has 6 heteroatoms. The number of hydrogen-bond donors (Lipinski definition) is 2. The van der Waals surface area contributed by atoms with E-state index in [2.05, 4.69) is 5.10 Å². The summed E-state index contributed by atoms with van der Waals surface area (Å²) in [7, 11) is 1.53. The fraction of sp³-hybridized carbons (Fsp3) is 0.182. The van der Waals surface area contributed by atoms with Gasteiger partial charge >= 0.3 is 6.18 Å². The van der Waals surface area contributed by atoms with Gasteiger partial charge in [-0.2, -0.15) is 18.3 Å². The van der Waals surface area contributed by atoms with Crippen molar-refractivity contribution in [3.8, 4) is 11.3 Å². The minimum atomic E-state index is -4.37. The molecular weight excluding hydrogens is 231 g/mol. The zero-order valence-corrected chi connectivity index (χ0v) is 9.05. The molecule has 0 aliphatic heterocycles. The van der Waals surface area contributed by atoms with E-state index >= 15 is 0 Å². The Kier molecular flexibility index (Phi) is 2.57. The zero-order chi connectivity index (χ0) is 12.6. The van der Waals surface area contributed by atoms with Crippen LogP contribution in [0.15, 0.2) is 30.3 Å². The van der Waals surface area contributed by atoms with Gasteiger partial charge in [0.2, 0.25) is 5.69 Å². The van der Waals surface area contributed by atoms with Crippen LogP contribution < -0.4 is 10.4 Å². The van der Waals surface area contributed by atoms with E-state index in [4.69, 9.17) is 5.73 Å². The first kappa shape index (κ1) is 11.5. The topological polar surface area (TPSA) is 45.7 Å². The van der Waals surface area contributed by atoms with Gasteiger partial charge in [0.1, 0.15) is 0 Å². The van der Waals surface area contributed by atoms with E-state index in [9.17, 15) is 13.2 Å². The Bertz CT molecular complexity index is 526. The molecule has 0 amide bonds. The molecule has 1 aromatic heterocycles. The number of H-pyrrole nitrogens is 1. The minimum absolute atomic E-state index is 0.456. The van der Waals surface area contributed by atoms with Gasteiger partial charge in [0.15, 0.2) is 12.7 Å². The molecule has 0 spiro atoms. The maximum Gasteiger partial charge on any atom is 0.436 e. The second-order valence-corrected chi connectivity index (χ2v) is 3.73. The summed E-state index contributed by atoms with van der Waals surface area (Å²) in [5.41, 5.74) is 6.45. The van der Waals surface area contributed by atoms with Crippen LogP contribution in [0.25, 0.3) is 11.3 Å². The maximum atomic E-state index is 12.5. The predicted molar refractivity (Wildman–Crippen MR) is 56.8 cm³/mol. The van der Waals surface area contributed by atoms with Crippen molar-refractivity contribution in [1.82, 2.24) is 5.10 Å². The predicted octanol–water partition coefficient (Wildman–Crippen LogP) is 2.11. The zero-order valence-electron chi connectivity index (χ0n) is 9.05. The van der Waals surface area contributed by atoms with Crippen LogP contribution in [0.1, 0.15) is 5.69 Å². The quantitative estimate of drug-likeness (QED) is 0.584. The molecule has 0 aliphatic rings. The number of nitrogen functional groups attached to an aromatic ring is 1. The Morgan fingerprint density at radius 2 is 1.76 bits per heavy atom. The number of rotatable bonds is 1. The van der Waals surface area contributed by atoms with Crippen LogP contribution in [-0.4, -0.2) is 5.10 Å². The lowest BCUT2D eigenvalue weighted by Crippen LogP contribution is -2.32. The Morgan fingerprint density at radius 1 is 1.18 bits per heavy atom. The molecule has 0 atom stereocenters. The van der Waals surface area contributed by atoms with Gasteiger partial charge in [0, 0.05) is 17.3 Å². The molecule has 3 N–H and O–H groups in total. The van der Waals surface area contributed by atoms with Gasteiger partial charge in [-0.3, -0.25) is 0 Å². The van der Waals surface area contributed by atoms with Gasteiger partial charge in [-0.25, -0.2) is 0 Å². The fourth-order valence-electron chi connectivity index (χ4n) is 1.58. The van der Waals surface area contributed by atoms with Gasteiger partial charge in [-0.05, 0) is 24.3 Å². The molecule has 0 bridgehead atoms. The van der Waals surface area contributed by atoms with Crippen LogP contribution in [0.5, 0.6) is 0 Å². The Hall–Kier alpha value is -1.98. The SMILES string of the molecule is C[n+]1[nH]c(C(F)(F)F)cc1-c1ccc(N)cc1. The highest BCUT2D eigenvalue weighted by molar-refractivity contribution is 5.59. The summed E-state index contributed by atoms with van der Waals surface area (Å²) in [6, 6.07) is 7.73. The second kappa shape index (κ2) is 3.80. The monoisotopic (exact) mass is 242 g/mol. The lowest BCUT2D eigenvalue weighted by molar-refractivity contribution is -0.717. The van der Waals surface area contributed by atoms with Crippen molar-refractivity contribution < 1.29 is 17.9 Å². The molecule has 0 aliphatic carbocycles. The number of aryl methyl sites for hydroxylation is 1. The summed E-state index contributed by atoms with van der Waals surface area (Å²) in [5.74, 6) is 0. The maximum absolute atomic E-state index is 12.5. The number of aromatic amines is 1. The van der Waals surface area contributed by atoms with E-state index in [1.807, 2.05) is 0 Å². The average molecular weight is 242 g/mol. The fourth-order valence-corrected chi connectivity index (χ4v) is 1.58. The Morgan fingerprint density at radius 3 is 2.24 bits per heavy atom. The van der Waals surface area contributed by atoms with Crippen molar-refractivity contribution in [3.63, 3.8) is 0 Å². The molecule has 0 saturated carbocycles. The number of alkyl halides is 3. The summed E-state index contributed by atoms with van der Waals surface area (Å²) < 4.78 is 38.8. The summed E-state index contributed by atoms with van der Waals surface area (Å²) in [6.45, 7) is 0. The van der Waals surface area contributed by atoms with Crippen molar-refractivity contribution in [3.05, 3.63) is 36.0 Å². The van der Waals surface area contributed by atoms with Crippen LogP contribution in [-0.2, 0) is 13.2 Å². The molecular formula is C11H11F3N3+. The molecule has 2 rings (SSSR count). The molecule has 0 radical (unpaired) electrons. The molecule has 0 fully saturated rings. The van der Waals surface area contributed by atoms with Crippen LogP contribution in [0.3, 0.4) is 0 Å². The molecule has 0 saturated heterocycles. The smallest absolute Gasteiger partial charge is 0.399 e. The number of hydrogen-bond acceptors (Lipinski definition) is 1. The van der Waals surface area contributed by atoms with Crippen molar-refractivity contribution in [1.29, 1.82) is 0 Å². The number of nitrogens with one attached hydrogen (secondary N) is 1. The van der Waals surface area contributed by atoms with Crippen LogP contribution in [0.4, 0.5) is 18.9 Å². The second-order valence-electron chi connectivity index (χ2n) is 3.73. The molecule has 3 nitrogen and oxygen atoms in total. The van der Waals surface area contributed by atoms with Crippen LogP contribution in [0, 0.1) is 0 Å². The highest BCUT2D eigenvalue weighted by atomic mass is 19.4. The Balaban J connectivity index is 2.46. The summed E-state index contributed by atoms with van der Waals surface area (Å²) in [6.07, 6.45) is -4.37. The van der Waals surface area contributed by atoms with E-state index in [0.717, 1.165) is 6.07 Å². The van der Waals surface area contributed by atoms with E-state index in [-0.39, 0.29) is 0 Å². The number of aromatic nitrogens is 2. The van der Waals surface area contributed by atoms with Crippen molar-refractivity contribution >= 4 is 5.69 Å². The molecule has 0 unspecified atom stereocenters. The van der Waals surface area contributed by atoms with E-state index in [0.29, 0.717) is 16.9 Å². The molecule has 1 aromatic carbocycles. The molecule has 1 heterocycles. The van der Waals surface area contributed by atoms with Crippen molar-refractivity contribution in [2.75, 3.05) is 5.73 Å². The number of halogens is 3. The van der Waals surface area contributed by atoms with Gasteiger partial charge < -0.3 is 5.73 Å². The van der Waals surface area contributed by atoms with Crippen LogP contribution >= 0.6 is 0 Å². The minimum Gasteiger partial charge on any atom is -0.399 e. The lowest BCUT2D eigenvalue weighted by Gasteiger charge is -1.97. The third-order valence-electron chi connectivity index (χ3n) is 2.44. The van der Waals surface area contributed by atoms with Crippen molar-refractivity contribution in [2.24, 2.45) is 7.05 Å². The molecule has 90 valence electrons.